The van der Waals surface area contributed by atoms with Crippen LogP contribution in [0.4, 0.5) is 5.69 Å². The molecule has 1 unspecified atom stereocenters. The number of aliphatic hydroxyl groups is 1. The summed E-state index contributed by atoms with van der Waals surface area (Å²) in [5.41, 5.74) is 3.60. The van der Waals surface area contributed by atoms with Crippen LogP contribution in [0.5, 0.6) is 11.5 Å². The average Bonchev–Trinajstić information content (AvgIpc) is 3.46. The van der Waals surface area contributed by atoms with E-state index >= 15 is 0 Å². The Hall–Kier alpha value is -4.45. The summed E-state index contributed by atoms with van der Waals surface area (Å²) in [6, 6.07) is 20.8. The SMILES string of the molecule is CC(C)(c1ccc(OCC2CCN(CC3CCN(c4cccc5c4C(=O)N(C4CCC(=O)NC4=O)C5=O)CC3)CC2)cc1)c1ccc(OC[C@H](O)CCl)cc1. The lowest BCUT2D eigenvalue weighted by molar-refractivity contribution is -0.136. The molecule has 4 aliphatic rings. The number of carbonyl (C=O) groups excluding carboxylic acids is 4. The molecule has 4 amide bonds. The van der Waals surface area contributed by atoms with Crippen molar-refractivity contribution in [3.63, 3.8) is 0 Å². The van der Waals surface area contributed by atoms with Crippen molar-refractivity contribution in [2.75, 3.05) is 56.7 Å². The van der Waals surface area contributed by atoms with Crippen molar-refractivity contribution in [1.82, 2.24) is 15.1 Å². The lowest BCUT2D eigenvalue weighted by atomic mass is 9.78. The maximum atomic E-state index is 13.6. The number of likely N-dealkylation sites (tertiary alicyclic amines) is 1. The lowest BCUT2D eigenvalue weighted by Crippen LogP contribution is -2.54. The van der Waals surface area contributed by atoms with Gasteiger partial charge in [0, 0.05) is 31.5 Å². The van der Waals surface area contributed by atoms with Crippen LogP contribution in [0.1, 0.15) is 84.2 Å². The molecule has 3 fully saturated rings. The van der Waals surface area contributed by atoms with Crippen molar-refractivity contribution in [3.05, 3.63) is 89.0 Å². The molecule has 4 aliphatic heterocycles. The summed E-state index contributed by atoms with van der Waals surface area (Å²) < 4.78 is 11.9. The molecule has 3 saturated heterocycles. The zero-order valence-electron chi connectivity index (χ0n) is 31.7. The summed E-state index contributed by atoms with van der Waals surface area (Å²) in [5.74, 6) is 0.904. The fourth-order valence-corrected chi connectivity index (χ4v) is 8.46. The summed E-state index contributed by atoms with van der Waals surface area (Å²) in [6.07, 6.45) is 3.76. The van der Waals surface area contributed by atoms with Gasteiger partial charge in [0.2, 0.25) is 11.8 Å². The van der Waals surface area contributed by atoms with Crippen LogP contribution in [0, 0.1) is 11.8 Å². The lowest BCUT2D eigenvalue weighted by Gasteiger charge is -2.38. The molecule has 12 heteroatoms. The molecule has 292 valence electrons. The van der Waals surface area contributed by atoms with Gasteiger partial charge in [-0.25, -0.2) is 0 Å². The Kier molecular flexibility index (Phi) is 11.8. The zero-order valence-corrected chi connectivity index (χ0v) is 32.4. The van der Waals surface area contributed by atoms with Gasteiger partial charge in [0.05, 0.1) is 29.3 Å². The number of nitrogens with one attached hydrogen (secondary N) is 1. The Labute approximate surface area is 327 Å². The number of piperidine rings is 3. The molecular formula is C43H51ClN4O7. The van der Waals surface area contributed by atoms with Crippen LogP contribution in [0.15, 0.2) is 66.7 Å². The Morgan fingerprint density at radius 2 is 1.42 bits per heavy atom. The first-order valence-corrected chi connectivity index (χ1v) is 20.1. The Balaban J connectivity index is 0.845. The van der Waals surface area contributed by atoms with Gasteiger partial charge in [0.15, 0.2) is 0 Å². The summed E-state index contributed by atoms with van der Waals surface area (Å²) in [6.45, 7) is 10.0. The molecule has 11 nitrogen and oxygen atoms in total. The van der Waals surface area contributed by atoms with E-state index in [4.69, 9.17) is 21.1 Å². The average molecular weight is 771 g/mol. The number of hydrogen-bond acceptors (Lipinski definition) is 9. The molecule has 3 aromatic rings. The van der Waals surface area contributed by atoms with Crippen molar-refractivity contribution in [1.29, 1.82) is 0 Å². The number of anilines is 1. The number of benzene rings is 3. The van der Waals surface area contributed by atoms with E-state index in [0.29, 0.717) is 35.3 Å². The summed E-state index contributed by atoms with van der Waals surface area (Å²) in [4.78, 5) is 57.0. The topological polar surface area (TPSA) is 129 Å². The fourth-order valence-electron chi connectivity index (χ4n) is 8.37. The third-order valence-electron chi connectivity index (χ3n) is 11.9. The van der Waals surface area contributed by atoms with E-state index in [1.54, 1.807) is 12.1 Å². The predicted octanol–water partition coefficient (Wildman–Crippen LogP) is 5.40. The van der Waals surface area contributed by atoms with Crippen LogP contribution < -0.4 is 19.7 Å². The van der Waals surface area contributed by atoms with Gasteiger partial charge in [0.25, 0.3) is 11.8 Å². The second-order valence-corrected chi connectivity index (χ2v) is 16.2. The quantitative estimate of drug-likeness (QED) is 0.174. The monoisotopic (exact) mass is 770 g/mol. The maximum Gasteiger partial charge on any atom is 0.264 e. The number of fused-ring (bicyclic) bond motifs is 1. The zero-order chi connectivity index (χ0) is 38.7. The molecule has 0 saturated carbocycles. The number of ether oxygens (including phenoxy) is 2. The predicted molar refractivity (Wildman–Crippen MR) is 210 cm³/mol. The summed E-state index contributed by atoms with van der Waals surface area (Å²) in [7, 11) is 0. The van der Waals surface area contributed by atoms with E-state index in [-0.39, 0.29) is 36.7 Å². The van der Waals surface area contributed by atoms with Gasteiger partial charge in [-0.05, 0) is 105 Å². The minimum Gasteiger partial charge on any atom is -0.493 e. The van der Waals surface area contributed by atoms with Gasteiger partial charge < -0.3 is 24.4 Å². The molecule has 0 aliphatic carbocycles. The van der Waals surface area contributed by atoms with Crippen molar-refractivity contribution in [2.45, 2.75) is 69.9 Å². The molecule has 2 atom stereocenters. The van der Waals surface area contributed by atoms with Gasteiger partial charge in [-0.15, -0.1) is 11.6 Å². The highest BCUT2D eigenvalue weighted by Gasteiger charge is 2.46. The van der Waals surface area contributed by atoms with Gasteiger partial charge in [0.1, 0.15) is 30.3 Å². The standard InChI is InChI=1S/C43H51ClN4O7/c1-43(2,31-8-12-34(13-9-31)55-27-32(49)24-44)30-6-10-33(11-7-30)54-26-29-16-20-46(21-17-29)25-28-18-22-47(23-19-28)36-5-3-4-35-39(36)42(53)48(41(35)52)37-14-15-38(50)45-40(37)51/h3-13,28-29,32,37,49H,14-27H2,1-2H3,(H,45,50,51)/t32-,37?/m1/s1. The minimum absolute atomic E-state index is 0.101. The summed E-state index contributed by atoms with van der Waals surface area (Å²) >= 11 is 5.66. The third kappa shape index (κ3) is 8.54. The van der Waals surface area contributed by atoms with Crippen LogP contribution in [0.2, 0.25) is 0 Å². The normalized spacial score (nSPS) is 20.8. The van der Waals surface area contributed by atoms with Gasteiger partial charge in [-0.3, -0.25) is 29.4 Å². The Morgan fingerprint density at radius 1 is 0.800 bits per heavy atom. The minimum atomic E-state index is -0.967. The number of halogens is 1. The van der Waals surface area contributed by atoms with Gasteiger partial charge >= 0.3 is 0 Å². The second kappa shape index (κ2) is 16.7. The van der Waals surface area contributed by atoms with Crippen LogP contribution in [-0.2, 0) is 15.0 Å². The summed E-state index contributed by atoms with van der Waals surface area (Å²) in [5, 5.41) is 11.9. The molecule has 2 N–H and O–H groups in total. The van der Waals surface area contributed by atoms with Crippen LogP contribution in [0.25, 0.3) is 0 Å². The smallest absolute Gasteiger partial charge is 0.264 e. The third-order valence-corrected chi connectivity index (χ3v) is 12.2. The largest absolute Gasteiger partial charge is 0.493 e. The van der Waals surface area contributed by atoms with Crippen LogP contribution in [0.3, 0.4) is 0 Å². The fraction of sp³-hybridized carbons (Fsp3) is 0.488. The van der Waals surface area contributed by atoms with Crippen molar-refractivity contribution < 1.29 is 33.8 Å². The molecule has 3 aromatic carbocycles. The first-order valence-electron chi connectivity index (χ1n) is 19.5. The molecule has 0 bridgehead atoms. The molecule has 4 heterocycles. The molecule has 0 radical (unpaired) electrons. The van der Waals surface area contributed by atoms with Crippen LogP contribution >= 0.6 is 11.6 Å². The van der Waals surface area contributed by atoms with Gasteiger partial charge in [-0.2, -0.15) is 0 Å². The number of imide groups is 2. The Morgan fingerprint density at radius 3 is 2.04 bits per heavy atom. The van der Waals surface area contributed by atoms with E-state index < -0.39 is 29.9 Å². The first kappa shape index (κ1) is 38.8. The number of carbonyl (C=O) groups is 4. The van der Waals surface area contributed by atoms with E-state index in [9.17, 15) is 24.3 Å². The number of rotatable bonds is 13. The number of nitrogens with zero attached hydrogens (tertiary/aromatic N) is 3. The van der Waals surface area contributed by atoms with E-state index in [1.807, 2.05) is 18.2 Å². The van der Waals surface area contributed by atoms with E-state index in [1.165, 1.54) is 5.56 Å². The molecule has 7 rings (SSSR count). The van der Waals surface area contributed by atoms with Crippen molar-refractivity contribution in [2.24, 2.45) is 11.8 Å². The van der Waals surface area contributed by atoms with Crippen molar-refractivity contribution >= 4 is 40.9 Å². The second-order valence-electron chi connectivity index (χ2n) is 15.9. The number of aliphatic hydroxyl groups excluding tert-OH is 1. The Bertz CT molecular complexity index is 1870. The molecule has 0 spiro atoms. The van der Waals surface area contributed by atoms with Crippen LogP contribution in [-0.4, -0.2) is 102 Å². The van der Waals surface area contributed by atoms with Gasteiger partial charge in [-0.1, -0.05) is 44.2 Å². The highest BCUT2D eigenvalue weighted by molar-refractivity contribution is 6.25. The van der Waals surface area contributed by atoms with Crippen molar-refractivity contribution in [3.8, 4) is 11.5 Å². The number of amides is 4. The number of alkyl halides is 1. The number of hydrogen-bond donors (Lipinski definition) is 2. The van der Waals surface area contributed by atoms with E-state index in [2.05, 4.69) is 65.4 Å². The molecule has 0 aromatic heterocycles. The highest BCUT2D eigenvalue weighted by atomic mass is 35.5. The maximum absolute atomic E-state index is 13.6. The van der Waals surface area contributed by atoms with E-state index in [0.717, 1.165) is 80.3 Å². The first-order chi connectivity index (χ1) is 26.5. The molecular weight excluding hydrogens is 720 g/mol. The molecule has 55 heavy (non-hydrogen) atoms. The highest BCUT2D eigenvalue weighted by Crippen LogP contribution is 2.37.